The van der Waals surface area contributed by atoms with Crippen molar-refractivity contribution in [1.82, 2.24) is 20.2 Å². The van der Waals surface area contributed by atoms with E-state index in [4.69, 9.17) is 4.98 Å². The molecule has 1 unspecified atom stereocenters. The Bertz CT molecular complexity index is 1210. The first-order valence-electron chi connectivity index (χ1n) is 11.3. The summed E-state index contributed by atoms with van der Waals surface area (Å²) in [5.74, 6) is 0. The summed E-state index contributed by atoms with van der Waals surface area (Å²) >= 11 is 0. The number of hydrogen-bond donors (Lipinski definition) is 2. The van der Waals surface area contributed by atoms with Crippen molar-refractivity contribution in [2.24, 2.45) is 0 Å². The summed E-state index contributed by atoms with van der Waals surface area (Å²) in [5, 5.41) is 5.44. The van der Waals surface area contributed by atoms with E-state index >= 15 is 0 Å². The number of pyridine rings is 1. The second kappa shape index (κ2) is 9.84. The lowest BCUT2D eigenvalue weighted by Crippen LogP contribution is -2.43. The smallest absolute Gasteiger partial charge is 0.0864 e. The Morgan fingerprint density at radius 1 is 1.12 bits per heavy atom. The molecular formula is C28H32N4. The third kappa shape index (κ3) is 4.76. The molecule has 2 aromatic heterocycles. The summed E-state index contributed by atoms with van der Waals surface area (Å²) in [6.07, 6.45) is 6.62. The first-order valence-corrected chi connectivity index (χ1v) is 11.3. The van der Waals surface area contributed by atoms with Gasteiger partial charge in [0.25, 0.3) is 0 Å². The van der Waals surface area contributed by atoms with Crippen LogP contribution in [0.25, 0.3) is 35.2 Å². The van der Waals surface area contributed by atoms with Crippen molar-refractivity contribution in [3.63, 3.8) is 0 Å². The van der Waals surface area contributed by atoms with Gasteiger partial charge in [0.1, 0.15) is 0 Å². The molecule has 32 heavy (non-hydrogen) atoms. The van der Waals surface area contributed by atoms with Crippen molar-refractivity contribution in [3.05, 3.63) is 89.2 Å². The lowest BCUT2D eigenvalue weighted by molar-refractivity contribution is 0.281. The highest BCUT2D eigenvalue weighted by molar-refractivity contribution is 5.87. The maximum absolute atomic E-state index is 4.96. The van der Waals surface area contributed by atoms with Gasteiger partial charge < -0.3 is 15.2 Å². The predicted molar refractivity (Wildman–Crippen MR) is 136 cm³/mol. The number of nitrogens with one attached hydrogen (secondary N) is 2. The standard InChI is InChI=1S/C28H32N4/c1-5-22(17-24-18-28(30-20(24)2)23-11-7-6-8-12-23)27-15-9-14-26(31-27)21(3)32(4)25-13-10-16-29-19-25/h5-9,11-12,14-15,17-18,25,29-30H,2-3,10,13,16,19H2,1,4H3/b22-5+,24-17-. The molecule has 1 aliphatic heterocycles. The number of rotatable bonds is 6. The Morgan fingerprint density at radius 3 is 2.62 bits per heavy atom. The molecule has 1 fully saturated rings. The molecular weight excluding hydrogens is 392 g/mol. The molecule has 0 amide bonds. The van der Waals surface area contributed by atoms with E-state index in [-0.39, 0.29) is 0 Å². The van der Waals surface area contributed by atoms with Gasteiger partial charge in [-0.2, -0.15) is 0 Å². The maximum atomic E-state index is 4.96. The summed E-state index contributed by atoms with van der Waals surface area (Å²) in [5.41, 5.74) is 6.08. The summed E-state index contributed by atoms with van der Waals surface area (Å²) in [4.78, 5) is 10.6. The topological polar surface area (TPSA) is 44.0 Å². The SMILES string of the molecule is C=C(c1cccc(C(/C=c2/cc(-c3ccccc3)[nH]c2=C)=C/C)n1)N(C)C1CCCNC1. The van der Waals surface area contributed by atoms with Crippen molar-refractivity contribution >= 4 is 23.9 Å². The van der Waals surface area contributed by atoms with E-state index in [0.717, 1.165) is 57.6 Å². The highest BCUT2D eigenvalue weighted by Crippen LogP contribution is 2.22. The minimum absolute atomic E-state index is 0.458. The number of H-pyrrole nitrogens is 1. The molecule has 3 aromatic rings. The van der Waals surface area contributed by atoms with Crippen LogP contribution in [-0.2, 0) is 0 Å². The van der Waals surface area contributed by atoms with Crippen LogP contribution in [0.5, 0.6) is 0 Å². The Kier molecular flexibility index (Phi) is 6.72. The van der Waals surface area contributed by atoms with E-state index in [1.165, 1.54) is 12.8 Å². The van der Waals surface area contributed by atoms with Crippen LogP contribution in [-0.4, -0.2) is 41.0 Å². The number of benzene rings is 1. The zero-order valence-electron chi connectivity index (χ0n) is 19.1. The number of likely N-dealkylation sites (N-methyl/N-ethyl adjacent to an activating group) is 1. The van der Waals surface area contributed by atoms with Crippen molar-refractivity contribution < 1.29 is 0 Å². The van der Waals surface area contributed by atoms with E-state index in [0.29, 0.717) is 6.04 Å². The van der Waals surface area contributed by atoms with Crippen molar-refractivity contribution in [2.75, 3.05) is 20.1 Å². The lowest BCUT2D eigenvalue weighted by atomic mass is 10.0. The number of piperidine rings is 1. The van der Waals surface area contributed by atoms with E-state index in [1.54, 1.807) is 0 Å². The summed E-state index contributed by atoms with van der Waals surface area (Å²) in [6.45, 7) is 12.7. The summed E-state index contributed by atoms with van der Waals surface area (Å²) in [6, 6.07) is 19.1. The fraction of sp³-hybridized carbons (Fsp3) is 0.250. The molecule has 0 saturated carbocycles. The molecule has 164 valence electrons. The van der Waals surface area contributed by atoms with E-state index in [1.807, 2.05) is 31.2 Å². The van der Waals surface area contributed by atoms with Crippen LogP contribution in [0.2, 0.25) is 0 Å². The zero-order chi connectivity index (χ0) is 22.5. The molecule has 3 heterocycles. The van der Waals surface area contributed by atoms with Crippen LogP contribution < -0.4 is 15.9 Å². The minimum atomic E-state index is 0.458. The van der Waals surface area contributed by atoms with Crippen LogP contribution in [0.1, 0.15) is 31.2 Å². The number of nitrogens with zero attached hydrogens (tertiary/aromatic N) is 2. The lowest BCUT2D eigenvalue weighted by Gasteiger charge is -2.34. The molecule has 1 aliphatic rings. The molecule has 1 aromatic carbocycles. The van der Waals surface area contributed by atoms with Gasteiger partial charge in [0.05, 0.1) is 17.1 Å². The minimum Gasteiger partial charge on any atom is -0.369 e. The van der Waals surface area contributed by atoms with Gasteiger partial charge in [-0.1, -0.05) is 55.6 Å². The van der Waals surface area contributed by atoms with Crippen LogP contribution in [0.3, 0.4) is 0 Å². The average molecular weight is 425 g/mol. The zero-order valence-corrected chi connectivity index (χ0v) is 19.1. The average Bonchev–Trinajstić information content (AvgIpc) is 3.22. The molecule has 4 nitrogen and oxygen atoms in total. The van der Waals surface area contributed by atoms with Crippen LogP contribution in [0.15, 0.2) is 67.3 Å². The van der Waals surface area contributed by atoms with Gasteiger partial charge in [-0.3, -0.25) is 0 Å². The van der Waals surface area contributed by atoms with Gasteiger partial charge in [0, 0.05) is 35.9 Å². The van der Waals surface area contributed by atoms with E-state index in [9.17, 15) is 0 Å². The molecule has 1 saturated heterocycles. The molecule has 0 bridgehead atoms. The molecule has 0 spiro atoms. The van der Waals surface area contributed by atoms with E-state index < -0.39 is 0 Å². The number of aromatic nitrogens is 2. The second-order valence-electron chi connectivity index (χ2n) is 8.34. The van der Waals surface area contributed by atoms with Crippen LogP contribution >= 0.6 is 0 Å². The third-order valence-corrected chi connectivity index (χ3v) is 6.23. The van der Waals surface area contributed by atoms with Gasteiger partial charge in [0.15, 0.2) is 0 Å². The Morgan fingerprint density at radius 2 is 1.91 bits per heavy atom. The van der Waals surface area contributed by atoms with E-state index in [2.05, 4.69) is 77.9 Å². The van der Waals surface area contributed by atoms with Gasteiger partial charge >= 0.3 is 0 Å². The van der Waals surface area contributed by atoms with Gasteiger partial charge in [-0.05, 0) is 61.7 Å². The normalized spacial score (nSPS) is 17.4. The molecule has 4 rings (SSSR count). The first-order chi connectivity index (χ1) is 15.6. The molecule has 4 heteroatoms. The van der Waals surface area contributed by atoms with Gasteiger partial charge in [-0.25, -0.2) is 4.98 Å². The predicted octanol–water partition coefficient (Wildman–Crippen LogP) is 4.03. The number of hydrogen-bond acceptors (Lipinski definition) is 3. The van der Waals surface area contributed by atoms with Gasteiger partial charge in [-0.15, -0.1) is 0 Å². The highest BCUT2D eigenvalue weighted by Gasteiger charge is 2.20. The van der Waals surface area contributed by atoms with Crippen molar-refractivity contribution in [1.29, 1.82) is 0 Å². The molecule has 1 atom stereocenters. The maximum Gasteiger partial charge on any atom is 0.0864 e. The summed E-state index contributed by atoms with van der Waals surface area (Å²) in [7, 11) is 2.12. The first kappa shape index (κ1) is 21.8. The molecule has 2 N–H and O–H groups in total. The van der Waals surface area contributed by atoms with Crippen molar-refractivity contribution in [3.8, 4) is 11.3 Å². The van der Waals surface area contributed by atoms with Crippen molar-refractivity contribution in [2.45, 2.75) is 25.8 Å². The fourth-order valence-corrected chi connectivity index (χ4v) is 4.21. The highest BCUT2D eigenvalue weighted by atomic mass is 15.2. The summed E-state index contributed by atoms with van der Waals surface area (Å²) < 4.78 is 0. The van der Waals surface area contributed by atoms with Crippen LogP contribution in [0, 0.1) is 0 Å². The second-order valence-corrected chi connectivity index (χ2v) is 8.34. The van der Waals surface area contributed by atoms with Crippen LogP contribution in [0.4, 0.5) is 0 Å². The fourth-order valence-electron chi connectivity index (χ4n) is 4.21. The quantitative estimate of drug-likeness (QED) is 0.628. The monoisotopic (exact) mass is 424 g/mol. The molecule has 0 aliphatic carbocycles. The number of allylic oxidation sites excluding steroid dienone is 2. The Hall–Kier alpha value is -3.37. The largest absolute Gasteiger partial charge is 0.369 e. The molecule has 0 radical (unpaired) electrons. The number of aromatic amines is 1. The Balaban J connectivity index is 1.61. The third-order valence-electron chi connectivity index (χ3n) is 6.23. The Labute approximate surface area is 190 Å². The van der Waals surface area contributed by atoms with Gasteiger partial charge in [0.2, 0.25) is 0 Å².